The third kappa shape index (κ3) is 18.5. The van der Waals surface area contributed by atoms with Crippen molar-refractivity contribution in [2.45, 2.75) is 201 Å². The van der Waals surface area contributed by atoms with Crippen LogP contribution >= 0.6 is 0 Å². The zero-order valence-corrected chi connectivity index (χ0v) is 25.3. The third-order valence-electron chi connectivity index (χ3n) is 8.10. The lowest BCUT2D eigenvalue weighted by Gasteiger charge is -2.07. The van der Waals surface area contributed by atoms with Gasteiger partial charge in [0, 0.05) is 6.42 Å². The maximum atomic E-state index is 2.61. The molecule has 1 rings (SSSR count). The standard InChI is InChI=1S/C34H67N2/c1-4-7-10-13-15-17-18-19-20-22-25-28-31-36-33-32-35(34(36)29-26-23-12-9-6-3)30-27-24-21-16-14-11-8-5-2/h32-33H,4-31H2,1-3H3/q+1. The Kier molecular flexibility index (Phi) is 23.9. The van der Waals surface area contributed by atoms with Crippen LogP contribution in [0.15, 0.2) is 12.4 Å². The number of aromatic nitrogens is 2. The lowest BCUT2D eigenvalue weighted by Crippen LogP contribution is -2.37. The first-order valence-electron chi connectivity index (χ1n) is 16.9. The number of aryl methyl sites for hydroxylation is 2. The van der Waals surface area contributed by atoms with E-state index >= 15 is 0 Å². The number of hydrogen-bond acceptors (Lipinski definition) is 0. The number of nitrogens with zero attached hydrogens (tertiary/aromatic N) is 2. The zero-order valence-electron chi connectivity index (χ0n) is 25.3. The molecule has 212 valence electrons. The van der Waals surface area contributed by atoms with E-state index in [2.05, 4.69) is 42.3 Å². The molecule has 0 aliphatic carbocycles. The van der Waals surface area contributed by atoms with Gasteiger partial charge in [-0.05, 0) is 32.1 Å². The van der Waals surface area contributed by atoms with Crippen molar-refractivity contribution in [3.05, 3.63) is 18.2 Å². The Balaban J connectivity index is 2.27. The highest BCUT2D eigenvalue weighted by Gasteiger charge is 2.16. The number of unbranched alkanes of at least 4 members (excludes halogenated alkanes) is 22. The van der Waals surface area contributed by atoms with Crippen molar-refractivity contribution in [1.82, 2.24) is 4.57 Å². The molecule has 0 atom stereocenters. The molecule has 0 aliphatic rings. The van der Waals surface area contributed by atoms with Crippen LogP contribution in [0.4, 0.5) is 0 Å². The third-order valence-corrected chi connectivity index (χ3v) is 8.10. The predicted molar refractivity (Wildman–Crippen MR) is 161 cm³/mol. The predicted octanol–water partition coefficient (Wildman–Crippen LogP) is 11.1. The van der Waals surface area contributed by atoms with Gasteiger partial charge >= 0.3 is 0 Å². The van der Waals surface area contributed by atoms with Gasteiger partial charge in [0.25, 0.3) is 5.82 Å². The highest BCUT2D eigenvalue weighted by molar-refractivity contribution is 4.84. The average molecular weight is 504 g/mol. The van der Waals surface area contributed by atoms with Crippen LogP contribution in [0.1, 0.15) is 187 Å². The van der Waals surface area contributed by atoms with E-state index in [4.69, 9.17) is 0 Å². The highest BCUT2D eigenvalue weighted by atomic mass is 15.1. The summed E-state index contributed by atoms with van der Waals surface area (Å²) in [5, 5.41) is 0. The molecule has 0 fully saturated rings. The molecular weight excluding hydrogens is 436 g/mol. The van der Waals surface area contributed by atoms with E-state index in [-0.39, 0.29) is 0 Å². The van der Waals surface area contributed by atoms with E-state index in [0.717, 1.165) is 0 Å². The van der Waals surface area contributed by atoms with E-state index in [1.54, 1.807) is 5.82 Å². The topological polar surface area (TPSA) is 8.81 Å². The van der Waals surface area contributed by atoms with Crippen molar-refractivity contribution in [2.75, 3.05) is 0 Å². The molecule has 0 amide bonds. The molecular formula is C34H67N2+. The van der Waals surface area contributed by atoms with Gasteiger partial charge in [-0.1, -0.05) is 149 Å². The molecule has 2 nitrogen and oxygen atoms in total. The summed E-state index contributed by atoms with van der Waals surface area (Å²) in [6, 6.07) is 0. The second kappa shape index (κ2) is 25.8. The molecule has 1 aromatic rings. The molecule has 1 aromatic heterocycles. The summed E-state index contributed by atoms with van der Waals surface area (Å²) in [5.74, 6) is 1.61. The molecule has 2 heteroatoms. The van der Waals surface area contributed by atoms with E-state index in [1.165, 1.54) is 180 Å². The number of imidazole rings is 1. The Morgan fingerprint density at radius 3 is 1.33 bits per heavy atom. The van der Waals surface area contributed by atoms with Gasteiger partial charge in [-0.25, -0.2) is 9.13 Å². The lowest BCUT2D eigenvalue weighted by molar-refractivity contribution is -0.704. The van der Waals surface area contributed by atoms with E-state index in [1.807, 2.05) is 0 Å². The number of rotatable bonds is 28. The lowest BCUT2D eigenvalue weighted by atomic mass is 10.1. The van der Waals surface area contributed by atoms with Crippen LogP contribution < -0.4 is 4.57 Å². The van der Waals surface area contributed by atoms with Gasteiger partial charge in [-0.15, -0.1) is 0 Å². The van der Waals surface area contributed by atoms with Gasteiger partial charge in [0.1, 0.15) is 12.4 Å². The minimum Gasteiger partial charge on any atom is -0.234 e. The molecule has 0 bridgehead atoms. The molecule has 0 saturated carbocycles. The molecule has 0 unspecified atom stereocenters. The minimum atomic E-state index is 1.23. The summed E-state index contributed by atoms with van der Waals surface area (Å²) in [4.78, 5) is 0. The van der Waals surface area contributed by atoms with E-state index < -0.39 is 0 Å². The van der Waals surface area contributed by atoms with E-state index in [0.29, 0.717) is 0 Å². The molecule has 0 aliphatic heterocycles. The Morgan fingerprint density at radius 1 is 0.472 bits per heavy atom. The van der Waals surface area contributed by atoms with Gasteiger partial charge in [0.15, 0.2) is 0 Å². The van der Waals surface area contributed by atoms with Crippen molar-refractivity contribution in [3.8, 4) is 0 Å². The SMILES string of the molecule is CCCCCCCCCCCCCC[n+]1ccn(CCCCCCCCCC)c1CCCCCCC. The van der Waals surface area contributed by atoms with Crippen molar-refractivity contribution in [3.63, 3.8) is 0 Å². The molecule has 0 N–H and O–H groups in total. The maximum absolute atomic E-state index is 2.61. The van der Waals surface area contributed by atoms with Crippen LogP contribution in [0, 0.1) is 0 Å². The fourth-order valence-electron chi connectivity index (χ4n) is 5.62. The first kappa shape index (κ1) is 33.2. The summed E-state index contributed by atoms with van der Waals surface area (Å²) in [7, 11) is 0. The smallest absolute Gasteiger partial charge is 0.234 e. The van der Waals surface area contributed by atoms with E-state index in [9.17, 15) is 0 Å². The normalized spacial score (nSPS) is 11.5. The minimum absolute atomic E-state index is 1.23. The summed E-state index contributed by atoms with van der Waals surface area (Å²) in [5.41, 5.74) is 0. The van der Waals surface area contributed by atoms with Crippen LogP contribution in [-0.2, 0) is 19.5 Å². The monoisotopic (exact) mass is 504 g/mol. The second-order valence-corrected chi connectivity index (χ2v) is 11.6. The van der Waals surface area contributed by atoms with Crippen LogP contribution in [0.3, 0.4) is 0 Å². The summed E-state index contributed by atoms with van der Waals surface area (Å²) < 4.78 is 5.22. The first-order valence-corrected chi connectivity index (χ1v) is 16.9. The molecule has 0 saturated heterocycles. The van der Waals surface area contributed by atoms with Gasteiger partial charge in [0.2, 0.25) is 0 Å². The van der Waals surface area contributed by atoms with Crippen LogP contribution in [-0.4, -0.2) is 4.57 Å². The van der Waals surface area contributed by atoms with Crippen molar-refractivity contribution in [2.24, 2.45) is 0 Å². The number of hydrogen-bond donors (Lipinski definition) is 0. The summed E-state index contributed by atoms with van der Waals surface area (Å²) in [6.45, 7) is 9.39. The van der Waals surface area contributed by atoms with Gasteiger partial charge in [-0.2, -0.15) is 0 Å². The Bertz CT molecular complexity index is 562. The van der Waals surface area contributed by atoms with Crippen LogP contribution in [0.2, 0.25) is 0 Å². The summed E-state index contributed by atoms with van der Waals surface area (Å²) >= 11 is 0. The Labute approximate surface area is 228 Å². The molecule has 36 heavy (non-hydrogen) atoms. The fraction of sp³-hybridized carbons (Fsp3) is 0.912. The van der Waals surface area contributed by atoms with Crippen LogP contribution in [0.5, 0.6) is 0 Å². The Hall–Kier alpha value is -0.790. The molecule has 0 spiro atoms. The van der Waals surface area contributed by atoms with Gasteiger partial charge < -0.3 is 0 Å². The largest absolute Gasteiger partial charge is 0.256 e. The second-order valence-electron chi connectivity index (χ2n) is 11.6. The highest BCUT2D eigenvalue weighted by Crippen LogP contribution is 2.14. The molecule has 0 radical (unpaired) electrons. The Morgan fingerprint density at radius 2 is 0.861 bits per heavy atom. The van der Waals surface area contributed by atoms with Crippen molar-refractivity contribution >= 4 is 0 Å². The first-order chi connectivity index (χ1) is 17.8. The van der Waals surface area contributed by atoms with Crippen molar-refractivity contribution < 1.29 is 4.57 Å². The molecule has 1 heterocycles. The average Bonchev–Trinajstić information content (AvgIpc) is 3.27. The zero-order chi connectivity index (χ0) is 25.9. The summed E-state index contributed by atoms with van der Waals surface area (Å²) in [6.07, 6.45) is 41.4. The molecule has 0 aromatic carbocycles. The van der Waals surface area contributed by atoms with Gasteiger partial charge in [0.05, 0.1) is 13.1 Å². The fourth-order valence-corrected chi connectivity index (χ4v) is 5.62. The quantitative estimate of drug-likeness (QED) is 0.0794. The maximum Gasteiger partial charge on any atom is 0.256 e. The van der Waals surface area contributed by atoms with Crippen molar-refractivity contribution in [1.29, 1.82) is 0 Å². The van der Waals surface area contributed by atoms with Gasteiger partial charge in [-0.3, -0.25) is 0 Å². The van der Waals surface area contributed by atoms with Crippen LogP contribution in [0.25, 0.3) is 0 Å².